The molecule has 3 rings (SSSR count). The van der Waals surface area contributed by atoms with E-state index in [-0.39, 0.29) is 11.9 Å². The molecule has 140 valence electrons. The zero-order valence-electron chi connectivity index (χ0n) is 15.5. The predicted molar refractivity (Wildman–Crippen MR) is 105 cm³/mol. The minimum Gasteiger partial charge on any atom is -0.349 e. The topological polar surface area (TPSA) is 50.2 Å². The standard InChI is InChI=1S/C20H27ClN4O/c1-3-4-12-24-13-10-16(11-14-24)22-20(26)18-15(2)23-25(19(18)21)17-8-6-5-7-9-17/h5-9,16H,3-4,10-14H2,1-2H3,(H,22,26). The second-order valence-electron chi connectivity index (χ2n) is 6.94. The van der Waals surface area contributed by atoms with Crippen molar-refractivity contribution in [2.24, 2.45) is 0 Å². The quantitative estimate of drug-likeness (QED) is 0.836. The van der Waals surface area contributed by atoms with Crippen molar-refractivity contribution >= 4 is 17.5 Å². The molecule has 2 aromatic rings. The van der Waals surface area contributed by atoms with E-state index >= 15 is 0 Å². The number of carbonyl (C=O) groups excluding carboxylic acids is 1. The highest BCUT2D eigenvalue weighted by atomic mass is 35.5. The number of rotatable bonds is 6. The van der Waals surface area contributed by atoms with Gasteiger partial charge in [-0.1, -0.05) is 43.1 Å². The maximum Gasteiger partial charge on any atom is 0.256 e. The van der Waals surface area contributed by atoms with Crippen molar-refractivity contribution in [3.8, 4) is 5.69 Å². The number of piperidine rings is 1. The number of hydrogen-bond acceptors (Lipinski definition) is 3. The molecule has 1 aromatic heterocycles. The summed E-state index contributed by atoms with van der Waals surface area (Å²) in [7, 11) is 0. The van der Waals surface area contributed by atoms with Gasteiger partial charge in [0.25, 0.3) is 5.91 Å². The average Bonchev–Trinajstić information content (AvgIpc) is 2.96. The molecule has 0 saturated carbocycles. The summed E-state index contributed by atoms with van der Waals surface area (Å²) in [5, 5.41) is 7.98. The Bertz CT molecular complexity index is 736. The molecule has 0 radical (unpaired) electrons. The predicted octanol–water partition coefficient (Wildman–Crippen LogP) is 3.83. The van der Waals surface area contributed by atoms with E-state index in [0.29, 0.717) is 16.4 Å². The number of nitrogens with one attached hydrogen (secondary N) is 1. The highest BCUT2D eigenvalue weighted by Crippen LogP contribution is 2.24. The van der Waals surface area contributed by atoms with Crippen LogP contribution in [0.25, 0.3) is 5.69 Å². The third-order valence-corrected chi connectivity index (χ3v) is 5.33. The summed E-state index contributed by atoms with van der Waals surface area (Å²) < 4.78 is 1.62. The number of aryl methyl sites for hydroxylation is 1. The lowest BCUT2D eigenvalue weighted by molar-refractivity contribution is 0.0910. The molecular formula is C20H27ClN4O. The molecule has 2 heterocycles. The molecule has 1 aromatic carbocycles. The van der Waals surface area contributed by atoms with Gasteiger partial charge in [-0.05, 0) is 44.9 Å². The van der Waals surface area contributed by atoms with E-state index in [2.05, 4.69) is 22.2 Å². The van der Waals surface area contributed by atoms with E-state index in [1.165, 1.54) is 12.8 Å². The minimum absolute atomic E-state index is 0.123. The molecule has 1 saturated heterocycles. The first-order valence-electron chi connectivity index (χ1n) is 9.44. The number of benzene rings is 1. The Hall–Kier alpha value is -1.85. The fraction of sp³-hybridized carbons (Fsp3) is 0.500. The first-order chi connectivity index (χ1) is 12.6. The van der Waals surface area contributed by atoms with Crippen LogP contribution in [0.1, 0.15) is 48.7 Å². The Labute approximate surface area is 160 Å². The van der Waals surface area contributed by atoms with Gasteiger partial charge in [-0.15, -0.1) is 0 Å². The fourth-order valence-corrected chi connectivity index (χ4v) is 3.80. The Kier molecular flexibility index (Phi) is 6.33. The molecule has 0 aliphatic carbocycles. The molecule has 1 N–H and O–H groups in total. The summed E-state index contributed by atoms with van der Waals surface area (Å²) in [6, 6.07) is 9.84. The third kappa shape index (κ3) is 4.27. The maximum atomic E-state index is 12.8. The van der Waals surface area contributed by atoms with Gasteiger partial charge in [0, 0.05) is 19.1 Å². The highest BCUT2D eigenvalue weighted by molar-refractivity contribution is 6.33. The number of nitrogens with zero attached hydrogens (tertiary/aromatic N) is 3. The second kappa shape index (κ2) is 8.69. The first-order valence-corrected chi connectivity index (χ1v) is 9.81. The van der Waals surface area contributed by atoms with E-state index in [1.807, 2.05) is 37.3 Å². The fourth-order valence-electron chi connectivity index (χ4n) is 3.44. The van der Waals surface area contributed by atoms with Gasteiger partial charge < -0.3 is 10.2 Å². The van der Waals surface area contributed by atoms with E-state index < -0.39 is 0 Å². The summed E-state index contributed by atoms with van der Waals surface area (Å²) in [6.07, 6.45) is 4.43. The zero-order valence-corrected chi connectivity index (χ0v) is 16.3. The summed E-state index contributed by atoms with van der Waals surface area (Å²) in [6.45, 7) is 7.29. The van der Waals surface area contributed by atoms with Crippen molar-refractivity contribution in [3.05, 3.63) is 46.7 Å². The zero-order chi connectivity index (χ0) is 18.5. The van der Waals surface area contributed by atoms with Crippen LogP contribution in [0.2, 0.25) is 5.15 Å². The van der Waals surface area contributed by atoms with Crippen LogP contribution < -0.4 is 5.32 Å². The molecule has 0 unspecified atom stereocenters. The third-order valence-electron chi connectivity index (χ3n) is 4.98. The molecule has 1 fully saturated rings. The number of para-hydroxylation sites is 1. The number of amides is 1. The lowest BCUT2D eigenvalue weighted by Gasteiger charge is -2.32. The summed E-state index contributed by atoms with van der Waals surface area (Å²) >= 11 is 6.49. The number of halogens is 1. The van der Waals surface area contributed by atoms with Crippen LogP contribution >= 0.6 is 11.6 Å². The molecule has 6 heteroatoms. The minimum atomic E-state index is -0.123. The molecule has 0 bridgehead atoms. The Balaban J connectivity index is 1.65. The number of carbonyl (C=O) groups is 1. The molecule has 0 atom stereocenters. The van der Waals surface area contributed by atoms with Gasteiger partial charge in [-0.2, -0.15) is 5.10 Å². The van der Waals surface area contributed by atoms with Crippen LogP contribution in [0.5, 0.6) is 0 Å². The van der Waals surface area contributed by atoms with Gasteiger partial charge in [-0.25, -0.2) is 4.68 Å². The van der Waals surface area contributed by atoms with Gasteiger partial charge in [-0.3, -0.25) is 4.79 Å². The number of likely N-dealkylation sites (tertiary alicyclic amines) is 1. The number of hydrogen-bond donors (Lipinski definition) is 1. The van der Waals surface area contributed by atoms with Gasteiger partial charge >= 0.3 is 0 Å². The molecule has 0 spiro atoms. The molecule has 26 heavy (non-hydrogen) atoms. The van der Waals surface area contributed by atoms with Crippen molar-refractivity contribution in [1.82, 2.24) is 20.0 Å². The Morgan fingerprint density at radius 1 is 1.27 bits per heavy atom. The number of aromatic nitrogens is 2. The van der Waals surface area contributed by atoms with Crippen molar-refractivity contribution in [1.29, 1.82) is 0 Å². The molecule has 5 nitrogen and oxygen atoms in total. The summed E-state index contributed by atoms with van der Waals surface area (Å²) in [5.41, 5.74) is 1.98. The van der Waals surface area contributed by atoms with Gasteiger partial charge in [0.2, 0.25) is 0 Å². The van der Waals surface area contributed by atoms with E-state index in [1.54, 1.807) is 4.68 Å². The van der Waals surface area contributed by atoms with Crippen molar-refractivity contribution < 1.29 is 4.79 Å². The average molecular weight is 375 g/mol. The van der Waals surface area contributed by atoms with Crippen LogP contribution in [0, 0.1) is 6.92 Å². The van der Waals surface area contributed by atoms with Crippen LogP contribution in [0.3, 0.4) is 0 Å². The van der Waals surface area contributed by atoms with Gasteiger partial charge in [0.05, 0.1) is 16.9 Å². The highest BCUT2D eigenvalue weighted by Gasteiger charge is 2.25. The van der Waals surface area contributed by atoms with Crippen LogP contribution in [0.15, 0.2) is 30.3 Å². The number of unbranched alkanes of at least 4 members (excludes halogenated alkanes) is 1. The van der Waals surface area contributed by atoms with E-state index in [9.17, 15) is 4.79 Å². The molecule has 1 aliphatic heterocycles. The Morgan fingerprint density at radius 2 is 1.96 bits per heavy atom. The van der Waals surface area contributed by atoms with E-state index in [0.717, 1.165) is 38.2 Å². The summed E-state index contributed by atoms with van der Waals surface area (Å²) in [5.74, 6) is -0.123. The largest absolute Gasteiger partial charge is 0.349 e. The van der Waals surface area contributed by atoms with Crippen LogP contribution in [-0.2, 0) is 0 Å². The molecule has 1 aliphatic rings. The van der Waals surface area contributed by atoms with Crippen LogP contribution in [-0.4, -0.2) is 46.3 Å². The molecule has 1 amide bonds. The van der Waals surface area contributed by atoms with E-state index in [4.69, 9.17) is 11.6 Å². The van der Waals surface area contributed by atoms with Crippen molar-refractivity contribution in [2.45, 2.75) is 45.6 Å². The lowest BCUT2D eigenvalue weighted by Crippen LogP contribution is -2.45. The van der Waals surface area contributed by atoms with Gasteiger partial charge in [0.15, 0.2) is 0 Å². The second-order valence-corrected chi connectivity index (χ2v) is 7.30. The summed E-state index contributed by atoms with van der Waals surface area (Å²) in [4.78, 5) is 15.3. The van der Waals surface area contributed by atoms with Crippen LogP contribution in [0.4, 0.5) is 0 Å². The smallest absolute Gasteiger partial charge is 0.256 e. The molecular weight excluding hydrogens is 348 g/mol. The monoisotopic (exact) mass is 374 g/mol. The van der Waals surface area contributed by atoms with Gasteiger partial charge in [0.1, 0.15) is 5.15 Å². The first kappa shape index (κ1) is 18.9. The van der Waals surface area contributed by atoms with Crippen molar-refractivity contribution in [3.63, 3.8) is 0 Å². The normalized spacial score (nSPS) is 16.0. The Morgan fingerprint density at radius 3 is 2.62 bits per heavy atom. The van der Waals surface area contributed by atoms with Crippen molar-refractivity contribution in [2.75, 3.05) is 19.6 Å². The maximum absolute atomic E-state index is 12.8. The SMILES string of the molecule is CCCCN1CCC(NC(=O)c2c(C)nn(-c3ccccc3)c2Cl)CC1. The lowest BCUT2D eigenvalue weighted by atomic mass is 10.0.